The first-order chi connectivity index (χ1) is 12.7. The number of nitrogens with one attached hydrogen (secondary N) is 1. The molecule has 0 aliphatic carbocycles. The number of nitrogens with zero attached hydrogens (tertiary/aromatic N) is 5. The molecule has 2 heterocycles. The first-order valence-electron chi connectivity index (χ1n) is 9.28. The average Bonchev–Trinajstić information content (AvgIpc) is 3.16. The topological polar surface area (TPSA) is 56.7 Å². The van der Waals surface area contributed by atoms with Crippen LogP contribution in [0, 0.1) is 6.92 Å². The highest BCUT2D eigenvalue weighted by Gasteiger charge is 2.21. The Morgan fingerprint density at radius 1 is 1.19 bits per heavy atom. The van der Waals surface area contributed by atoms with E-state index in [2.05, 4.69) is 67.6 Å². The minimum absolute atomic E-state index is 0.895. The van der Waals surface area contributed by atoms with Crippen molar-refractivity contribution in [2.75, 3.05) is 44.7 Å². The van der Waals surface area contributed by atoms with Crippen LogP contribution < -0.4 is 10.2 Å². The van der Waals surface area contributed by atoms with E-state index >= 15 is 0 Å². The van der Waals surface area contributed by atoms with Crippen molar-refractivity contribution < 1.29 is 0 Å². The maximum absolute atomic E-state index is 4.60. The number of benzene rings is 1. The van der Waals surface area contributed by atoms with Gasteiger partial charge in [0.1, 0.15) is 5.82 Å². The summed E-state index contributed by atoms with van der Waals surface area (Å²) in [5.41, 5.74) is 2.66. The van der Waals surface area contributed by atoms with Crippen molar-refractivity contribution in [3.8, 4) is 0 Å². The number of rotatable bonds is 5. The molecule has 140 valence electrons. The van der Waals surface area contributed by atoms with Crippen LogP contribution >= 0.6 is 11.5 Å². The number of aryl methyl sites for hydroxylation is 2. The van der Waals surface area contributed by atoms with Crippen molar-refractivity contribution in [2.24, 2.45) is 4.99 Å². The number of aromatic nitrogens is 2. The molecule has 1 aromatic heterocycles. The van der Waals surface area contributed by atoms with Gasteiger partial charge < -0.3 is 15.1 Å². The number of hydrogen-bond donors (Lipinski definition) is 1. The van der Waals surface area contributed by atoms with Gasteiger partial charge in [-0.2, -0.15) is 4.37 Å². The van der Waals surface area contributed by atoms with E-state index in [0.717, 1.165) is 62.5 Å². The van der Waals surface area contributed by atoms with Gasteiger partial charge in [0, 0.05) is 57.7 Å². The molecule has 26 heavy (non-hydrogen) atoms. The van der Waals surface area contributed by atoms with E-state index in [1.165, 1.54) is 22.7 Å². The highest BCUT2D eigenvalue weighted by Crippen LogP contribution is 2.19. The summed E-state index contributed by atoms with van der Waals surface area (Å²) in [5, 5.41) is 4.55. The Morgan fingerprint density at radius 3 is 2.54 bits per heavy atom. The monoisotopic (exact) mass is 372 g/mol. The standard InChI is InChI=1S/C19H28N6S/c1-4-17-22-19(26-23-17)25-13-11-24(12-14-25)18(20-3)21-10-9-16-7-5-15(2)6-8-16/h5-8H,4,9-14H2,1-3H3,(H,20,21). The lowest BCUT2D eigenvalue weighted by molar-refractivity contribution is 0.372. The molecule has 0 radical (unpaired) electrons. The van der Waals surface area contributed by atoms with Crippen molar-refractivity contribution in [3.63, 3.8) is 0 Å². The largest absolute Gasteiger partial charge is 0.356 e. The molecule has 1 saturated heterocycles. The van der Waals surface area contributed by atoms with E-state index in [9.17, 15) is 0 Å². The van der Waals surface area contributed by atoms with Gasteiger partial charge in [0.2, 0.25) is 5.13 Å². The van der Waals surface area contributed by atoms with Crippen LogP contribution in [0.5, 0.6) is 0 Å². The van der Waals surface area contributed by atoms with Gasteiger partial charge in [0.15, 0.2) is 5.96 Å². The average molecular weight is 373 g/mol. The number of piperazine rings is 1. The fourth-order valence-corrected chi connectivity index (χ4v) is 3.83. The third kappa shape index (κ3) is 4.72. The van der Waals surface area contributed by atoms with Crippen LogP contribution in [0.15, 0.2) is 29.3 Å². The molecule has 0 saturated carbocycles. The molecule has 0 amide bonds. The summed E-state index contributed by atoms with van der Waals surface area (Å²) in [4.78, 5) is 13.7. The predicted molar refractivity (Wildman–Crippen MR) is 109 cm³/mol. The van der Waals surface area contributed by atoms with Crippen molar-refractivity contribution in [2.45, 2.75) is 26.7 Å². The fourth-order valence-electron chi connectivity index (χ4n) is 3.03. The second kappa shape index (κ2) is 8.98. The molecule has 0 bridgehead atoms. The Balaban J connectivity index is 1.46. The number of aliphatic imine (C=N–C) groups is 1. The lowest BCUT2D eigenvalue weighted by atomic mass is 10.1. The summed E-state index contributed by atoms with van der Waals surface area (Å²) < 4.78 is 4.39. The van der Waals surface area contributed by atoms with Crippen LogP contribution in [0.3, 0.4) is 0 Å². The third-order valence-corrected chi connectivity index (χ3v) is 5.47. The second-order valence-corrected chi connectivity index (χ2v) is 7.26. The SMILES string of the molecule is CCc1nsc(N2CCN(C(=NC)NCCc3ccc(C)cc3)CC2)n1. The predicted octanol–water partition coefficient (Wildman–Crippen LogP) is 2.35. The Bertz CT molecular complexity index is 716. The molecule has 1 aliphatic rings. The molecule has 7 heteroatoms. The van der Waals surface area contributed by atoms with Gasteiger partial charge in [-0.1, -0.05) is 36.8 Å². The van der Waals surface area contributed by atoms with Crippen LogP contribution in [0.2, 0.25) is 0 Å². The van der Waals surface area contributed by atoms with E-state index < -0.39 is 0 Å². The van der Waals surface area contributed by atoms with Gasteiger partial charge >= 0.3 is 0 Å². The molecule has 0 unspecified atom stereocenters. The zero-order valence-corrected chi connectivity index (χ0v) is 16.7. The number of guanidine groups is 1. The van der Waals surface area contributed by atoms with Gasteiger partial charge in [0.05, 0.1) is 0 Å². The van der Waals surface area contributed by atoms with Crippen molar-refractivity contribution in [3.05, 3.63) is 41.2 Å². The van der Waals surface area contributed by atoms with Gasteiger partial charge in [-0.3, -0.25) is 4.99 Å². The van der Waals surface area contributed by atoms with Gasteiger partial charge in [0.25, 0.3) is 0 Å². The van der Waals surface area contributed by atoms with E-state index in [0.29, 0.717) is 0 Å². The Morgan fingerprint density at radius 2 is 1.92 bits per heavy atom. The van der Waals surface area contributed by atoms with E-state index in [4.69, 9.17) is 0 Å². The smallest absolute Gasteiger partial charge is 0.205 e. The minimum Gasteiger partial charge on any atom is -0.356 e. The van der Waals surface area contributed by atoms with Crippen molar-refractivity contribution in [1.29, 1.82) is 0 Å². The van der Waals surface area contributed by atoms with Crippen LogP contribution in [0.1, 0.15) is 23.9 Å². The summed E-state index contributed by atoms with van der Waals surface area (Å²) >= 11 is 1.51. The molecule has 0 atom stereocenters. The molecule has 0 spiro atoms. The van der Waals surface area contributed by atoms with Gasteiger partial charge in [-0.15, -0.1) is 0 Å². The zero-order valence-electron chi connectivity index (χ0n) is 15.9. The molecule has 2 aromatic rings. The zero-order chi connectivity index (χ0) is 18.4. The van der Waals surface area contributed by atoms with Crippen LogP contribution in [-0.2, 0) is 12.8 Å². The second-order valence-electron chi connectivity index (χ2n) is 6.53. The molecule has 1 aromatic carbocycles. The molecular formula is C19H28N6S. The molecule has 6 nitrogen and oxygen atoms in total. The summed E-state index contributed by atoms with van der Waals surface area (Å²) in [6.07, 6.45) is 1.90. The quantitative estimate of drug-likeness (QED) is 0.645. The maximum atomic E-state index is 4.60. The minimum atomic E-state index is 0.895. The fraction of sp³-hybridized carbons (Fsp3) is 0.526. The normalized spacial score (nSPS) is 15.4. The molecular weight excluding hydrogens is 344 g/mol. The summed E-state index contributed by atoms with van der Waals surface area (Å²) in [7, 11) is 1.86. The number of hydrogen-bond acceptors (Lipinski definition) is 5. The van der Waals surface area contributed by atoms with Crippen molar-refractivity contribution in [1.82, 2.24) is 19.6 Å². The highest BCUT2D eigenvalue weighted by molar-refractivity contribution is 7.09. The lowest BCUT2D eigenvalue weighted by Crippen LogP contribution is -2.52. The van der Waals surface area contributed by atoms with Crippen LogP contribution in [-0.4, -0.2) is 60.0 Å². The Labute approximate surface area is 160 Å². The first kappa shape index (κ1) is 18.6. The Kier molecular flexibility index (Phi) is 6.44. The molecule has 1 fully saturated rings. The molecule has 1 N–H and O–H groups in total. The summed E-state index contributed by atoms with van der Waals surface area (Å²) in [6.45, 7) is 8.92. The van der Waals surface area contributed by atoms with E-state index in [1.54, 1.807) is 0 Å². The molecule has 1 aliphatic heterocycles. The highest BCUT2D eigenvalue weighted by atomic mass is 32.1. The summed E-state index contributed by atoms with van der Waals surface area (Å²) in [5.74, 6) is 1.93. The van der Waals surface area contributed by atoms with Crippen LogP contribution in [0.25, 0.3) is 0 Å². The van der Waals surface area contributed by atoms with Gasteiger partial charge in [-0.25, -0.2) is 4.98 Å². The first-order valence-corrected chi connectivity index (χ1v) is 10.1. The lowest BCUT2D eigenvalue weighted by Gasteiger charge is -2.36. The number of anilines is 1. The maximum Gasteiger partial charge on any atom is 0.205 e. The van der Waals surface area contributed by atoms with E-state index in [1.807, 2.05) is 7.05 Å². The van der Waals surface area contributed by atoms with Crippen molar-refractivity contribution >= 4 is 22.6 Å². The van der Waals surface area contributed by atoms with Gasteiger partial charge in [-0.05, 0) is 18.9 Å². The third-order valence-electron chi connectivity index (χ3n) is 4.65. The Hall–Kier alpha value is -2.15. The van der Waals surface area contributed by atoms with E-state index in [-0.39, 0.29) is 0 Å². The molecule has 3 rings (SSSR count). The summed E-state index contributed by atoms with van der Waals surface area (Å²) in [6, 6.07) is 8.73. The van der Waals surface area contributed by atoms with Crippen LogP contribution in [0.4, 0.5) is 5.13 Å².